The van der Waals surface area contributed by atoms with Crippen LogP contribution in [0.1, 0.15) is 5.82 Å². The Kier molecular flexibility index (Phi) is 1.87. The van der Waals surface area contributed by atoms with Crippen molar-refractivity contribution < 1.29 is 0 Å². The Labute approximate surface area is 75.1 Å². The van der Waals surface area contributed by atoms with Crippen LogP contribution in [0.25, 0.3) is 10.6 Å². The first-order valence-electron chi connectivity index (χ1n) is 3.72. The van der Waals surface area contributed by atoms with Gasteiger partial charge in [-0.05, 0) is 18.5 Å². The Morgan fingerprint density at radius 1 is 1.17 bits per heavy atom. The minimum atomic E-state index is 0.846. The van der Waals surface area contributed by atoms with Crippen LogP contribution in [-0.2, 0) is 0 Å². The summed E-state index contributed by atoms with van der Waals surface area (Å²) in [6.45, 7) is 1.91. The second-order valence-electron chi connectivity index (χ2n) is 2.51. The number of rotatable bonds is 1. The highest BCUT2D eigenvalue weighted by molar-refractivity contribution is 7.09. The molecule has 1 heterocycles. The smallest absolute Gasteiger partial charge is 0.144 e. The first-order valence-corrected chi connectivity index (χ1v) is 4.49. The molecule has 0 unspecified atom stereocenters. The zero-order valence-corrected chi connectivity index (χ0v) is 7.51. The second-order valence-corrected chi connectivity index (χ2v) is 3.26. The zero-order valence-electron chi connectivity index (χ0n) is 6.69. The Bertz CT molecular complexity index is 367. The molecule has 2 aromatic rings. The third-order valence-corrected chi connectivity index (χ3v) is 2.40. The molecule has 3 heteroatoms. The van der Waals surface area contributed by atoms with E-state index >= 15 is 0 Å². The van der Waals surface area contributed by atoms with Crippen molar-refractivity contribution in [2.24, 2.45) is 0 Å². The molecule has 0 atom stereocenters. The first-order chi connectivity index (χ1) is 5.86. The van der Waals surface area contributed by atoms with Crippen LogP contribution in [0.4, 0.5) is 0 Å². The van der Waals surface area contributed by atoms with Gasteiger partial charge in [-0.15, -0.1) is 0 Å². The summed E-state index contributed by atoms with van der Waals surface area (Å²) in [5.74, 6) is 0.846. The molecule has 0 N–H and O–H groups in total. The molecule has 0 spiro atoms. The van der Waals surface area contributed by atoms with Gasteiger partial charge in [0.15, 0.2) is 0 Å². The number of aryl methyl sites for hydroxylation is 1. The molecule has 0 saturated heterocycles. The van der Waals surface area contributed by atoms with Crippen LogP contribution in [0, 0.1) is 6.92 Å². The largest absolute Gasteiger partial charge is 0.220 e. The lowest BCUT2D eigenvalue weighted by Gasteiger charge is -1.91. The molecule has 1 aromatic heterocycles. The zero-order chi connectivity index (χ0) is 8.39. The summed E-state index contributed by atoms with van der Waals surface area (Å²) in [6, 6.07) is 10.1. The van der Waals surface area contributed by atoms with E-state index in [1.165, 1.54) is 11.5 Å². The van der Waals surface area contributed by atoms with Crippen LogP contribution in [0.15, 0.2) is 30.3 Å². The minimum absolute atomic E-state index is 0.846. The lowest BCUT2D eigenvalue weighted by atomic mass is 10.2. The van der Waals surface area contributed by atoms with Gasteiger partial charge in [-0.25, -0.2) is 4.98 Å². The van der Waals surface area contributed by atoms with Gasteiger partial charge in [0.1, 0.15) is 10.8 Å². The number of hydrogen-bond donors (Lipinski definition) is 0. The van der Waals surface area contributed by atoms with Gasteiger partial charge in [-0.3, -0.25) is 0 Å². The average molecular weight is 177 g/mol. The standard InChI is InChI=1S/C9H8N2S/c1-7-10-9(12-11-7)8-5-3-2-4-6-8/h2-6H,1H3/i10+1. The van der Waals surface area contributed by atoms with Gasteiger partial charge in [0.2, 0.25) is 0 Å². The second kappa shape index (κ2) is 3.03. The highest BCUT2D eigenvalue weighted by Crippen LogP contribution is 2.19. The van der Waals surface area contributed by atoms with Gasteiger partial charge < -0.3 is 0 Å². The Balaban J connectivity index is 2.45. The molecule has 12 heavy (non-hydrogen) atoms. The van der Waals surface area contributed by atoms with Gasteiger partial charge in [-0.1, -0.05) is 30.3 Å². The Morgan fingerprint density at radius 3 is 2.50 bits per heavy atom. The highest BCUT2D eigenvalue weighted by atomic mass is 32.1. The first kappa shape index (κ1) is 7.43. The number of benzene rings is 1. The lowest BCUT2D eigenvalue weighted by molar-refractivity contribution is 1.17. The summed E-state index contributed by atoms with van der Waals surface area (Å²) >= 11 is 1.44. The molecule has 0 aliphatic carbocycles. The molecule has 0 saturated carbocycles. The van der Waals surface area contributed by atoms with E-state index in [-0.39, 0.29) is 0 Å². The van der Waals surface area contributed by atoms with E-state index in [0.717, 1.165) is 16.4 Å². The van der Waals surface area contributed by atoms with Crippen LogP contribution >= 0.6 is 11.5 Å². The van der Waals surface area contributed by atoms with Crippen LogP contribution in [0.5, 0.6) is 0 Å². The average Bonchev–Trinajstić information content (AvgIpc) is 2.54. The molecular formula is C9H8N2S. The van der Waals surface area contributed by atoms with Crippen molar-refractivity contribution in [2.75, 3.05) is 0 Å². The minimum Gasteiger partial charge on any atom is -0.220 e. The normalized spacial score (nSPS) is 10.1. The van der Waals surface area contributed by atoms with Crippen LogP contribution in [-0.4, -0.2) is 9.36 Å². The van der Waals surface area contributed by atoms with E-state index in [4.69, 9.17) is 0 Å². The van der Waals surface area contributed by atoms with Crippen molar-refractivity contribution in [3.05, 3.63) is 36.2 Å². The van der Waals surface area contributed by atoms with E-state index < -0.39 is 0 Å². The van der Waals surface area contributed by atoms with E-state index in [9.17, 15) is 0 Å². The molecule has 0 fully saturated rings. The fraction of sp³-hybridized carbons (Fsp3) is 0.111. The molecule has 0 radical (unpaired) electrons. The molecule has 60 valence electrons. The van der Waals surface area contributed by atoms with E-state index in [0.29, 0.717) is 0 Å². The molecule has 1 aromatic carbocycles. The van der Waals surface area contributed by atoms with Crippen molar-refractivity contribution in [3.8, 4) is 10.6 Å². The van der Waals surface area contributed by atoms with Gasteiger partial charge in [0, 0.05) is 5.56 Å². The van der Waals surface area contributed by atoms with E-state index in [1.54, 1.807) is 0 Å². The van der Waals surface area contributed by atoms with Crippen LogP contribution < -0.4 is 0 Å². The fourth-order valence-electron chi connectivity index (χ4n) is 0.995. The molecule has 0 aliphatic rings. The summed E-state index contributed by atoms with van der Waals surface area (Å²) in [5.41, 5.74) is 1.14. The highest BCUT2D eigenvalue weighted by Gasteiger charge is 2.00. The SMILES string of the molecule is Cc1nsc(-c2ccccc2)[15n]1. The van der Waals surface area contributed by atoms with Gasteiger partial charge >= 0.3 is 0 Å². The van der Waals surface area contributed by atoms with Gasteiger partial charge in [-0.2, -0.15) is 4.37 Å². The predicted octanol–water partition coefficient (Wildman–Crippen LogP) is 2.51. The topological polar surface area (TPSA) is 25.8 Å². The van der Waals surface area contributed by atoms with Crippen molar-refractivity contribution in [1.82, 2.24) is 9.36 Å². The van der Waals surface area contributed by atoms with Gasteiger partial charge in [0.25, 0.3) is 0 Å². The third-order valence-electron chi connectivity index (χ3n) is 1.55. The summed E-state index contributed by atoms with van der Waals surface area (Å²) in [7, 11) is 0. The Morgan fingerprint density at radius 2 is 1.92 bits per heavy atom. The monoisotopic (exact) mass is 177 g/mol. The van der Waals surface area contributed by atoms with Gasteiger partial charge in [0.05, 0.1) is 0 Å². The van der Waals surface area contributed by atoms with Crippen molar-refractivity contribution in [3.63, 3.8) is 0 Å². The van der Waals surface area contributed by atoms with Crippen molar-refractivity contribution in [2.45, 2.75) is 6.92 Å². The Hall–Kier alpha value is -1.22. The quantitative estimate of drug-likeness (QED) is 0.668. The molecule has 2 rings (SSSR count). The molecule has 0 bridgehead atoms. The molecular weight excluding hydrogens is 169 g/mol. The van der Waals surface area contributed by atoms with Crippen LogP contribution in [0.3, 0.4) is 0 Å². The maximum atomic E-state index is 4.29. The van der Waals surface area contributed by atoms with Crippen molar-refractivity contribution in [1.29, 1.82) is 0 Å². The summed E-state index contributed by atoms with van der Waals surface area (Å²) < 4.78 is 4.12. The fourth-order valence-corrected chi connectivity index (χ4v) is 1.67. The summed E-state index contributed by atoms with van der Waals surface area (Å²) in [6.07, 6.45) is 0. The molecule has 2 nitrogen and oxygen atoms in total. The molecule has 0 amide bonds. The van der Waals surface area contributed by atoms with E-state index in [2.05, 4.69) is 9.36 Å². The number of hydrogen-bond acceptors (Lipinski definition) is 3. The maximum absolute atomic E-state index is 4.29. The maximum Gasteiger partial charge on any atom is 0.144 e. The lowest BCUT2D eigenvalue weighted by Crippen LogP contribution is -1.75. The number of nitrogens with zero attached hydrogens (tertiary/aromatic N) is 2. The van der Waals surface area contributed by atoms with Crippen molar-refractivity contribution >= 4 is 11.5 Å². The predicted molar refractivity (Wildman–Crippen MR) is 50.1 cm³/mol. The van der Waals surface area contributed by atoms with E-state index in [1.807, 2.05) is 37.3 Å². The molecule has 0 aliphatic heterocycles. The van der Waals surface area contributed by atoms with Crippen LogP contribution in [0.2, 0.25) is 0 Å². The summed E-state index contributed by atoms with van der Waals surface area (Å²) in [5, 5.41) is 0.994. The number of aromatic nitrogens is 2. The third kappa shape index (κ3) is 1.36. The summed E-state index contributed by atoms with van der Waals surface area (Å²) in [4.78, 5) is 4.29.